The number of carbonyl (C=O) groups is 1. The first-order valence-corrected chi connectivity index (χ1v) is 10.0. The first-order chi connectivity index (χ1) is 14.9. The van der Waals surface area contributed by atoms with E-state index in [2.05, 4.69) is 22.2 Å². The van der Waals surface area contributed by atoms with Crippen molar-refractivity contribution in [2.24, 2.45) is 10.4 Å². The Morgan fingerprint density at radius 2 is 1.77 bits per heavy atom. The van der Waals surface area contributed by atoms with Gasteiger partial charge in [0.2, 0.25) is 0 Å². The first-order valence-electron chi connectivity index (χ1n) is 10.0. The van der Waals surface area contributed by atoms with Crippen molar-refractivity contribution in [3.05, 3.63) is 105 Å². The number of nitrogens with zero attached hydrogens (tertiary/aromatic N) is 2. The number of nitro groups is 1. The summed E-state index contributed by atoms with van der Waals surface area (Å²) >= 11 is 0. The second kappa shape index (κ2) is 7.50. The van der Waals surface area contributed by atoms with Gasteiger partial charge in [-0.1, -0.05) is 62.0 Å². The molecule has 3 aliphatic rings. The number of rotatable bonds is 5. The number of nitrogens with one attached hydrogen (secondary N) is 2. The van der Waals surface area contributed by atoms with E-state index in [1.54, 1.807) is 7.05 Å². The van der Waals surface area contributed by atoms with Crippen molar-refractivity contribution in [1.82, 2.24) is 10.6 Å². The Morgan fingerprint density at radius 1 is 1.19 bits per heavy atom. The van der Waals surface area contributed by atoms with Crippen LogP contribution in [0.25, 0.3) is 0 Å². The average molecular weight is 416 g/mol. The van der Waals surface area contributed by atoms with Crippen LogP contribution in [0.15, 0.2) is 78.1 Å². The standard InChI is InChI=1S/C24H24N4O3/c1-16(27-22(25-3)26-13-8-14-29)23(2)15-24(28(30)31)19-11-6-4-9-17(19)21(23)18-10-5-7-12-20(18)24/h4-14,21H,1,15H2,2-3H3,(H2,25,26,27)/b13-8+. The number of benzene rings is 2. The molecule has 0 heterocycles. The van der Waals surface area contributed by atoms with Gasteiger partial charge in [0.25, 0.3) is 5.54 Å². The van der Waals surface area contributed by atoms with Crippen molar-refractivity contribution in [1.29, 1.82) is 0 Å². The molecule has 0 radical (unpaired) electrons. The number of allylic oxidation sites excluding steroid dienone is 2. The Bertz CT molecular complexity index is 1090. The van der Waals surface area contributed by atoms with Crippen molar-refractivity contribution < 1.29 is 9.72 Å². The van der Waals surface area contributed by atoms with Crippen LogP contribution in [0.4, 0.5) is 0 Å². The molecule has 1 atom stereocenters. The zero-order valence-corrected chi connectivity index (χ0v) is 17.5. The van der Waals surface area contributed by atoms with E-state index in [4.69, 9.17) is 0 Å². The van der Waals surface area contributed by atoms with Gasteiger partial charge < -0.3 is 10.6 Å². The van der Waals surface area contributed by atoms with E-state index in [1.165, 1.54) is 12.3 Å². The van der Waals surface area contributed by atoms with Gasteiger partial charge in [-0.3, -0.25) is 19.9 Å². The Hall–Kier alpha value is -3.74. The number of hydrogen-bond acceptors (Lipinski definition) is 4. The molecule has 31 heavy (non-hydrogen) atoms. The number of aliphatic imine (C=N–C) groups is 1. The van der Waals surface area contributed by atoms with Crippen LogP contribution in [-0.4, -0.2) is 24.2 Å². The summed E-state index contributed by atoms with van der Waals surface area (Å²) in [5, 5.41) is 18.8. The largest absolute Gasteiger partial charge is 0.333 e. The molecule has 5 rings (SSSR count). The number of guanidine groups is 1. The number of fused-ring (bicyclic) bond motifs is 1. The Kier molecular flexibility index (Phi) is 4.97. The van der Waals surface area contributed by atoms with Gasteiger partial charge in [-0.25, -0.2) is 0 Å². The molecule has 0 spiro atoms. The van der Waals surface area contributed by atoms with Crippen molar-refractivity contribution in [2.75, 3.05) is 7.05 Å². The fourth-order valence-electron chi connectivity index (χ4n) is 5.22. The van der Waals surface area contributed by atoms with E-state index in [0.717, 1.165) is 22.3 Å². The second-order valence-electron chi connectivity index (χ2n) is 8.13. The Labute approximate surface area is 180 Å². The Morgan fingerprint density at radius 3 is 2.29 bits per heavy atom. The molecular formula is C24H24N4O3. The molecule has 0 saturated carbocycles. The molecule has 2 aromatic carbocycles. The smallest absolute Gasteiger partial charge is 0.273 e. The molecule has 2 N–H and O–H groups in total. The number of hydrogen-bond donors (Lipinski definition) is 2. The van der Waals surface area contributed by atoms with Gasteiger partial charge in [0.05, 0.1) is 0 Å². The fraction of sp³-hybridized carbons (Fsp3) is 0.250. The van der Waals surface area contributed by atoms with Crippen LogP contribution in [0.5, 0.6) is 0 Å². The summed E-state index contributed by atoms with van der Waals surface area (Å²) in [7, 11) is 1.61. The molecule has 0 amide bonds. The molecule has 2 aromatic rings. The maximum absolute atomic E-state index is 12.7. The fourth-order valence-corrected chi connectivity index (χ4v) is 5.22. The highest BCUT2D eigenvalue weighted by molar-refractivity contribution is 5.83. The average Bonchev–Trinajstić information content (AvgIpc) is 2.78. The van der Waals surface area contributed by atoms with Crippen LogP contribution < -0.4 is 10.6 Å². The Balaban J connectivity index is 1.85. The van der Waals surface area contributed by atoms with E-state index in [-0.39, 0.29) is 17.3 Å². The lowest BCUT2D eigenvalue weighted by atomic mass is 9.49. The van der Waals surface area contributed by atoms with Gasteiger partial charge in [0, 0.05) is 52.7 Å². The third kappa shape index (κ3) is 2.88. The summed E-state index contributed by atoms with van der Waals surface area (Å²) in [6.07, 6.45) is 3.71. The predicted octanol–water partition coefficient (Wildman–Crippen LogP) is 3.45. The molecule has 0 aliphatic heterocycles. The molecule has 3 aliphatic carbocycles. The van der Waals surface area contributed by atoms with E-state index < -0.39 is 11.0 Å². The van der Waals surface area contributed by atoms with Gasteiger partial charge >= 0.3 is 0 Å². The summed E-state index contributed by atoms with van der Waals surface area (Å²) in [6, 6.07) is 15.3. The maximum Gasteiger partial charge on any atom is 0.273 e. The minimum absolute atomic E-state index is 0.0923. The van der Waals surface area contributed by atoms with Gasteiger partial charge in [-0.05, 0) is 17.2 Å². The minimum Gasteiger partial charge on any atom is -0.333 e. The van der Waals surface area contributed by atoms with E-state index in [0.29, 0.717) is 17.9 Å². The lowest BCUT2D eigenvalue weighted by Gasteiger charge is -2.53. The molecule has 7 heteroatoms. The molecule has 0 aromatic heterocycles. The quantitative estimate of drug-likeness (QED) is 0.194. The number of carbonyl (C=O) groups excluding carboxylic acids is 1. The van der Waals surface area contributed by atoms with Crippen LogP contribution in [0, 0.1) is 15.5 Å². The van der Waals surface area contributed by atoms with E-state index in [9.17, 15) is 14.9 Å². The summed E-state index contributed by atoms with van der Waals surface area (Å²) in [6.45, 7) is 6.29. The molecular weight excluding hydrogens is 392 g/mol. The molecule has 158 valence electrons. The third-order valence-electron chi connectivity index (χ3n) is 6.58. The van der Waals surface area contributed by atoms with Crippen LogP contribution in [0.1, 0.15) is 41.5 Å². The summed E-state index contributed by atoms with van der Waals surface area (Å²) < 4.78 is 0. The topological polar surface area (TPSA) is 96.6 Å². The van der Waals surface area contributed by atoms with Gasteiger partial charge in [0.1, 0.15) is 6.29 Å². The molecule has 0 saturated heterocycles. The highest BCUT2D eigenvalue weighted by Crippen LogP contribution is 2.65. The van der Waals surface area contributed by atoms with E-state index in [1.807, 2.05) is 55.5 Å². The number of aldehydes is 1. The predicted molar refractivity (Wildman–Crippen MR) is 119 cm³/mol. The first kappa shape index (κ1) is 20.5. The van der Waals surface area contributed by atoms with Crippen molar-refractivity contribution in [3.8, 4) is 0 Å². The van der Waals surface area contributed by atoms with Crippen LogP contribution >= 0.6 is 0 Å². The zero-order valence-electron chi connectivity index (χ0n) is 17.5. The molecule has 1 unspecified atom stereocenters. The van der Waals surface area contributed by atoms with Crippen LogP contribution in [0.3, 0.4) is 0 Å². The van der Waals surface area contributed by atoms with Crippen molar-refractivity contribution in [3.63, 3.8) is 0 Å². The minimum atomic E-state index is -1.35. The van der Waals surface area contributed by atoms with Crippen LogP contribution in [0.2, 0.25) is 0 Å². The maximum atomic E-state index is 12.7. The van der Waals surface area contributed by atoms with Crippen molar-refractivity contribution in [2.45, 2.75) is 24.8 Å². The SMILES string of the molecule is C=C(NC(=NC)N/C=C/C=O)C1(C)CC2([N+](=O)[O-])c3ccccc3C1c1ccccc12. The van der Waals surface area contributed by atoms with Crippen LogP contribution in [-0.2, 0) is 10.3 Å². The van der Waals surface area contributed by atoms with Gasteiger partial charge in [0.15, 0.2) is 5.96 Å². The molecule has 7 nitrogen and oxygen atoms in total. The summed E-state index contributed by atoms with van der Waals surface area (Å²) in [4.78, 5) is 27.3. The molecule has 2 bridgehead atoms. The summed E-state index contributed by atoms with van der Waals surface area (Å²) in [5.41, 5.74) is 2.05. The monoisotopic (exact) mass is 416 g/mol. The van der Waals surface area contributed by atoms with Gasteiger partial charge in [-0.15, -0.1) is 0 Å². The normalized spacial score (nSPS) is 26.1. The summed E-state index contributed by atoms with van der Waals surface area (Å²) in [5.74, 6) is 0.313. The van der Waals surface area contributed by atoms with Crippen molar-refractivity contribution >= 4 is 12.2 Å². The zero-order chi connectivity index (χ0) is 22.2. The lowest BCUT2D eigenvalue weighted by Crippen LogP contribution is -2.56. The second-order valence-corrected chi connectivity index (χ2v) is 8.13. The van der Waals surface area contributed by atoms with Gasteiger partial charge in [-0.2, -0.15) is 0 Å². The molecule has 0 fully saturated rings. The highest BCUT2D eigenvalue weighted by atomic mass is 16.6. The highest BCUT2D eigenvalue weighted by Gasteiger charge is 2.65. The lowest BCUT2D eigenvalue weighted by molar-refractivity contribution is -0.573. The van der Waals surface area contributed by atoms with E-state index >= 15 is 0 Å². The third-order valence-corrected chi connectivity index (χ3v) is 6.58.